The van der Waals surface area contributed by atoms with E-state index in [1.807, 2.05) is 4.90 Å². The lowest BCUT2D eigenvalue weighted by Gasteiger charge is -2.17. The van der Waals surface area contributed by atoms with Crippen LogP contribution in [0.2, 0.25) is 0 Å². The average Bonchev–Trinajstić information content (AvgIpc) is 3.00. The van der Waals surface area contributed by atoms with Gasteiger partial charge in [0.05, 0.1) is 12.4 Å². The van der Waals surface area contributed by atoms with E-state index in [0.717, 1.165) is 32.0 Å². The predicted molar refractivity (Wildman–Crippen MR) is 85.4 cm³/mol. The third-order valence-electron chi connectivity index (χ3n) is 3.72. The summed E-state index contributed by atoms with van der Waals surface area (Å²) in [6, 6.07) is 4.13. The smallest absolute Gasteiger partial charge is 0.266 e. The molecule has 1 fully saturated rings. The first-order valence-electron chi connectivity index (χ1n) is 7.32. The summed E-state index contributed by atoms with van der Waals surface area (Å²) in [4.78, 5) is 9.98. The van der Waals surface area contributed by atoms with Crippen molar-refractivity contribution in [3.8, 4) is 0 Å². The summed E-state index contributed by atoms with van der Waals surface area (Å²) >= 11 is 0. The molecule has 23 heavy (non-hydrogen) atoms. The Bertz CT molecular complexity index is 800. The van der Waals surface area contributed by atoms with E-state index in [2.05, 4.69) is 14.7 Å². The molecule has 1 aromatic heterocycles. The fraction of sp³-hybridized carbons (Fsp3) is 0.333. The van der Waals surface area contributed by atoms with Crippen molar-refractivity contribution in [2.24, 2.45) is 0 Å². The van der Waals surface area contributed by atoms with E-state index >= 15 is 0 Å². The van der Waals surface area contributed by atoms with Crippen molar-refractivity contribution in [1.82, 2.24) is 9.97 Å². The van der Waals surface area contributed by atoms with Crippen LogP contribution in [0.4, 0.5) is 16.0 Å². The summed E-state index contributed by atoms with van der Waals surface area (Å²) < 4.78 is 41.1. The van der Waals surface area contributed by atoms with Crippen LogP contribution in [0.1, 0.15) is 18.4 Å². The van der Waals surface area contributed by atoms with Gasteiger partial charge in [0.15, 0.2) is 5.82 Å². The van der Waals surface area contributed by atoms with Crippen LogP contribution in [0.5, 0.6) is 0 Å². The van der Waals surface area contributed by atoms with Crippen molar-refractivity contribution in [2.75, 3.05) is 22.7 Å². The lowest BCUT2D eigenvalue weighted by Crippen LogP contribution is -2.21. The summed E-state index contributed by atoms with van der Waals surface area (Å²) in [5.41, 5.74) is 0.334. The van der Waals surface area contributed by atoms with Crippen molar-refractivity contribution in [3.63, 3.8) is 0 Å². The van der Waals surface area contributed by atoms with Gasteiger partial charge in [-0.2, -0.15) is 0 Å². The molecular formula is C15H17FN4O2S. The number of rotatable bonds is 4. The van der Waals surface area contributed by atoms with Gasteiger partial charge >= 0.3 is 0 Å². The Morgan fingerprint density at radius 2 is 1.96 bits per heavy atom. The van der Waals surface area contributed by atoms with Gasteiger partial charge in [-0.25, -0.2) is 17.8 Å². The first kappa shape index (κ1) is 15.7. The molecule has 1 aliphatic heterocycles. The third kappa shape index (κ3) is 3.26. The number of halogens is 1. The number of sulfonamides is 1. The van der Waals surface area contributed by atoms with Gasteiger partial charge in [-0.3, -0.25) is 9.71 Å². The average molecular weight is 336 g/mol. The van der Waals surface area contributed by atoms with Crippen LogP contribution in [-0.4, -0.2) is 31.5 Å². The molecule has 1 N–H and O–H groups in total. The third-order valence-corrected chi connectivity index (χ3v) is 5.26. The van der Waals surface area contributed by atoms with Crippen LogP contribution in [0.3, 0.4) is 0 Å². The van der Waals surface area contributed by atoms with Crippen LogP contribution < -0.4 is 9.62 Å². The first-order valence-corrected chi connectivity index (χ1v) is 8.80. The van der Waals surface area contributed by atoms with E-state index in [1.165, 1.54) is 12.3 Å². The molecule has 122 valence electrons. The van der Waals surface area contributed by atoms with E-state index < -0.39 is 15.8 Å². The second-order valence-electron chi connectivity index (χ2n) is 5.45. The molecule has 0 atom stereocenters. The minimum atomic E-state index is -4.06. The Morgan fingerprint density at radius 1 is 1.22 bits per heavy atom. The number of nitrogens with one attached hydrogen (secondary N) is 1. The molecular weight excluding hydrogens is 319 g/mol. The van der Waals surface area contributed by atoms with Crippen molar-refractivity contribution in [1.29, 1.82) is 0 Å². The van der Waals surface area contributed by atoms with Crippen LogP contribution in [-0.2, 0) is 10.0 Å². The summed E-state index contributed by atoms with van der Waals surface area (Å²) in [6.45, 7) is 3.29. The SMILES string of the molecule is Cc1cccc(F)c1S(=O)(=O)Nc1cncc(N2CCCC2)n1. The maximum atomic E-state index is 13.9. The van der Waals surface area contributed by atoms with Gasteiger partial charge in [0.2, 0.25) is 0 Å². The van der Waals surface area contributed by atoms with E-state index in [1.54, 1.807) is 19.2 Å². The van der Waals surface area contributed by atoms with Crippen LogP contribution in [0, 0.1) is 12.7 Å². The highest BCUT2D eigenvalue weighted by Gasteiger charge is 2.23. The van der Waals surface area contributed by atoms with Gasteiger partial charge in [-0.15, -0.1) is 0 Å². The van der Waals surface area contributed by atoms with Gasteiger partial charge in [0.1, 0.15) is 16.5 Å². The number of aryl methyl sites for hydroxylation is 1. The monoisotopic (exact) mass is 336 g/mol. The molecule has 2 aromatic rings. The van der Waals surface area contributed by atoms with Gasteiger partial charge in [0.25, 0.3) is 10.0 Å². The molecule has 0 bridgehead atoms. The zero-order valence-corrected chi connectivity index (χ0v) is 13.5. The van der Waals surface area contributed by atoms with Gasteiger partial charge in [-0.1, -0.05) is 12.1 Å². The van der Waals surface area contributed by atoms with E-state index in [-0.39, 0.29) is 10.7 Å². The molecule has 2 heterocycles. The van der Waals surface area contributed by atoms with Crippen molar-refractivity contribution >= 4 is 21.7 Å². The molecule has 1 aromatic carbocycles. The van der Waals surface area contributed by atoms with E-state index in [9.17, 15) is 12.8 Å². The Hall–Kier alpha value is -2.22. The number of anilines is 2. The fourth-order valence-corrected chi connectivity index (χ4v) is 3.94. The number of aromatic nitrogens is 2. The molecule has 0 aliphatic carbocycles. The molecule has 3 rings (SSSR count). The minimum Gasteiger partial charge on any atom is -0.355 e. The fourth-order valence-electron chi connectivity index (χ4n) is 2.65. The lowest BCUT2D eigenvalue weighted by molar-refractivity contribution is 0.568. The molecule has 8 heteroatoms. The van der Waals surface area contributed by atoms with Gasteiger partial charge < -0.3 is 4.90 Å². The molecule has 0 spiro atoms. The lowest BCUT2D eigenvalue weighted by atomic mass is 10.2. The molecule has 0 unspecified atom stereocenters. The first-order chi connectivity index (χ1) is 11.0. The zero-order valence-electron chi connectivity index (χ0n) is 12.7. The van der Waals surface area contributed by atoms with Gasteiger partial charge in [0, 0.05) is 13.1 Å². The summed E-state index contributed by atoms with van der Waals surface area (Å²) in [7, 11) is -4.06. The Balaban J connectivity index is 1.90. The molecule has 6 nitrogen and oxygen atoms in total. The number of nitrogens with zero attached hydrogens (tertiary/aromatic N) is 3. The molecule has 0 saturated carbocycles. The quantitative estimate of drug-likeness (QED) is 0.927. The number of benzene rings is 1. The summed E-state index contributed by atoms with van der Waals surface area (Å²) in [6.07, 6.45) is 5.06. The van der Waals surface area contributed by atoms with E-state index in [4.69, 9.17) is 0 Å². The van der Waals surface area contributed by atoms with Crippen LogP contribution >= 0.6 is 0 Å². The maximum Gasteiger partial charge on any atom is 0.266 e. The Labute approximate surface area is 134 Å². The van der Waals surface area contributed by atoms with Crippen LogP contribution in [0.15, 0.2) is 35.5 Å². The maximum absolute atomic E-state index is 13.9. The minimum absolute atomic E-state index is 0.0806. The zero-order chi connectivity index (χ0) is 16.4. The highest BCUT2D eigenvalue weighted by atomic mass is 32.2. The highest BCUT2D eigenvalue weighted by Crippen LogP contribution is 2.23. The van der Waals surface area contributed by atoms with Gasteiger partial charge in [-0.05, 0) is 31.4 Å². The molecule has 0 radical (unpaired) electrons. The Kier molecular flexibility index (Phi) is 4.16. The molecule has 0 amide bonds. The second kappa shape index (κ2) is 6.11. The van der Waals surface area contributed by atoms with Crippen molar-refractivity contribution in [3.05, 3.63) is 42.0 Å². The predicted octanol–water partition coefficient (Wildman–Crippen LogP) is 2.33. The number of hydrogen-bond acceptors (Lipinski definition) is 5. The normalized spacial score (nSPS) is 15.0. The van der Waals surface area contributed by atoms with Crippen molar-refractivity contribution < 1.29 is 12.8 Å². The summed E-state index contributed by atoms with van der Waals surface area (Å²) in [5.74, 6) is -0.0915. The van der Waals surface area contributed by atoms with Crippen molar-refractivity contribution in [2.45, 2.75) is 24.7 Å². The standard InChI is InChI=1S/C15H17FN4O2S/c1-11-5-4-6-12(16)15(11)23(21,22)19-13-9-17-10-14(18-13)20-7-2-3-8-20/h4-6,9-10H,2-3,7-8H2,1H3,(H,18,19). The second-order valence-corrected chi connectivity index (χ2v) is 7.07. The molecule has 1 aliphatic rings. The summed E-state index contributed by atoms with van der Waals surface area (Å²) in [5, 5.41) is 0. The Morgan fingerprint density at radius 3 is 2.65 bits per heavy atom. The van der Waals surface area contributed by atoms with E-state index in [0.29, 0.717) is 11.4 Å². The highest BCUT2D eigenvalue weighted by molar-refractivity contribution is 7.92. The van der Waals surface area contributed by atoms with Crippen LogP contribution in [0.25, 0.3) is 0 Å². The largest absolute Gasteiger partial charge is 0.355 e. The molecule has 1 saturated heterocycles. The number of hydrogen-bond donors (Lipinski definition) is 1. The topological polar surface area (TPSA) is 75.2 Å².